The molecular weight excluding hydrogens is 580 g/mol. The maximum Gasteiger partial charge on any atom is 0.404 e. The van der Waals surface area contributed by atoms with E-state index in [-0.39, 0.29) is 42.1 Å². The summed E-state index contributed by atoms with van der Waals surface area (Å²) in [6, 6.07) is -0.961. The van der Waals surface area contributed by atoms with Crippen molar-refractivity contribution in [2.75, 3.05) is 24.6 Å². The summed E-state index contributed by atoms with van der Waals surface area (Å²) in [7, 11) is 0. The number of nitrogen functional groups attached to an aromatic ring is 1. The first-order chi connectivity index (χ1) is 19.4. The topological polar surface area (TPSA) is 226 Å². The van der Waals surface area contributed by atoms with Crippen LogP contribution in [0.25, 0.3) is 0 Å². The van der Waals surface area contributed by atoms with Crippen molar-refractivity contribution in [2.45, 2.75) is 51.3 Å². The van der Waals surface area contributed by atoms with Crippen molar-refractivity contribution in [1.82, 2.24) is 15.2 Å². The second kappa shape index (κ2) is 13.7. The molecule has 1 aromatic rings. The van der Waals surface area contributed by atoms with Crippen LogP contribution in [0.3, 0.4) is 0 Å². The van der Waals surface area contributed by atoms with E-state index in [1.807, 2.05) is 13.8 Å². The van der Waals surface area contributed by atoms with Crippen LogP contribution in [0, 0.1) is 11.3 Å². The third-order valence-electron chi connectivity index (χ3n) is 6.42. The summed E-state index contributed by atoms with van der Waals surface area (Å²) in [5.74, 6) is -2.39. The van der Waals surface area contributed by atoms with Gasteiger partial charge in [-0.3, -0.25) is 19.2 Å². The molecule has 0 bridgehead atoms. The average molecular weight is 613 g/mol. The number of nitrogens with zero attached hydrogens (tertiary/aromatic N) is 3. The molecule has 0 spiro atoms. The minimum absolute atomic E-state index is 0.0523. The van der Waals surface area contributed by atoms with Crippen LogP contribution in [-0.4, -0.2) is 87.3 Å². The van der Waals surface area contributed by atoms with E-state index in [1.54, 1.807) is 0 Å². The quantitative estimate of drug-likeness (QED) is 0.0489. The van der Waals surface area contributed by atoms with Crippen LogP contribution in [-0.2, 0) is 33.4 Å². The molecule has 0 aliphatic carbocycles. The third-order valence-corrected chi connectivity index (χ3v) is 8.64. The van der Waals surface area contributed by atoms with Crippen LogP contribution in [0.15, 0.2) is 22.7 Å². The summed E-state index contributed by atoms with van der Waals surface area (Å²) < 4.78 is 15.4. The molecule has 6 N–H and O–H groups in total. The number of primary amides is 1. The zero-order chi connectivity index (χ0) is 30.3. The van der Waals surface area contributed by atoms with E-state index in [2.05, 4.69) is 15.5 Å². The van der Waals surface area contributed by atoms with Crippen molar-refractivity contribution >= 4 is 63.8 Å². The molecule has 3 rings (SSSR count). The predicted octanol–water partition coefficient (Wildman–Crippen LogP) is 0.810. The fraction of sp³-hybridized carbons (Fsp3) is 0.542. The highest BCUT2D eigenvalue weighted by Crippen LogP contribution is 2.43. The number of fused-ring (bicyclic) bond motifs is 1. The van der Waals surface area contributed by atoms with E-state index >= 15 is 0 Å². The molecule has 3 heterocycles. The van der Waals surface area contributed by atoms with Crippen LogP contribution in [0.1, 0.15) is 39.3 Å². The number of esters is 2. The van der Waals surface area contributed by atoms with E-state index in [4.69, 9.17) is 25.7 Å². The molecule has 5 atom stereocenters. The van der Waals surface area contributed by atoms with Gasteiger partial charge in [-0.1, -0.05) is 31.5 Å². The molecule has 17 heteroatoms. The fourth-order valence-corrected chi connectivity index (χ4v) is 6.12. The fourth-order valence-electron chi connectivity index (χ4n) is 4.06. The monoisotopic (exact) mass is 612 g/mol. The zero-order valence-electron chi connectivity index (χ0n) is 22.6. The number of β-lactam (4-membered cyclic amide) rings is 1. The first-order valence-corrected chi connectivity index (χ1v) is 14.5. The highest BCUT2D eigenvalue weighted by molar-refractivity contribution is 8.00. The van der Waals surface area contributed by atoms with Crippen LogP contribution >= 0.6 is 23.1 Å². The lowest BCUT2D eigenvalue weighted by molar-refractivity contribution is -0.191. The van der Waals surface area contributed by atoms with Crippen molar-refractivity contribution in [3.63, 3.8) is 0 Å². The van der Waals surface area contributed by atoms with Gasteiger partial charge in [0.2, 0.25) is 12.2 Å². The lowest BCUT2D eigenvalue weighted by Gasteiger charge is -2.53. The van der Waals surface area contributed by atoms with Crippen LogP contribution < -0.4 is 16.8 Å². The molecule has 4 unspecified atom stereocenters. The Bertz CT molecular complexity index is 1240. The van der Waals surface area contributed by atoms with Gasteiger partial charge in [-0.05, 0) is 12.0 Å². The lowest BCUT2D eigenvalue weighted by Crippen LogP contribution is -2.74. The largest absolute Gasteiger partial charge is 0.445 e. The summed E-state index contributed by atoms with van der Waals surface area (Å²) in [5, 5.41) is 15.9. The van der Waals surface area contributed by atoms with Crippen LogP contribution in [0.5, 0.6) is 0 Å². The molecule has 1 aromatic heterocycles. The first kappa shape index (κ1) is 31.7. The van der Waals surface area contributed by atoms with Gasteiger partial charge in [-0.2, -0.15) is 0 Å². The number of oxime groups is 1. The van der Waals surface area contributed by atoms with Gasteiger partial charge in [0.25, 0.3) is 5.91 Å². The van der Waals surface area contributed by atoms with Crippen molar-refractivity contribution in [1.29, 1.82) is 0 Å². The average Bonchev–Trinajstić information content (AvgIpc) is 3.35. The van der Waals surface area contributed by atoms with Gasteiger partial charge in [0.15, 0.2) is 10.8 Å². The molecule has 224 valence electrons. The number of amides is 3. The van der Waals surface area contributed by atoms with E-state index < -0.39 is 58.7 Å². The number of anilines is 1. The normalized spacial score (nSPS) is 23.6. The van der Waals surface area contributed by atoms with Crippen molar-refractivity contribution in [2.24, 2.45) is 22.2 Å². The molecule has 0 radical (unpaired) electrons. The van der Waals surface area contributed by atoms with Gasteiger partial charge in [-0.25, -0.2) is 9.78 Å². The molecule has 3 amide bonds. The summed E-state index contributed by atoms with van der Waals surface area (Å²) in [6.07, 6.45) is 1.61. The summed E-state index contributed by atoms with van der Waals surface area (Å²) in [4.78, 5) is 67.5. The summed E-state index contributed by atoms with van der Waals surface area (Å²) in [5.41, 5.74) is 8.83. The van der Waals surface area contributed by atoms with Gasteiger partial charge >= 0.3 is 18.0 Å². The standard InChI is InChI=1S/C24H32N6O9S2/c1-4-12(2)8-15(31)38-13(3)39-21(34)24(6-5-7-37-23(26)35)10-30-19(33)17(20(30)41-11-24)28-18(32)16(29-36)14-9-40-22(25)27-14/h5-6,9,12-13,17,20,36H,4,7-8,10-11H2,1-3H3,(H2,25,27)(H2,26,35)(H,28,32)/t12?,13?,17?,20-,24?/m1/s1. The third kappa shape index (κ3) is 7.66. The zero-order valence-corrected chi connectivity index (χ0v) is 24.2. The van der Waals surface area contributed by atoms with E-state index in [0.29, 0.717) is 0 Å². The lowest BCUT2D eigenvalue weighted by atomic mass is 9.86. The Labute approximate surface area is 243 Å². The molecule has 41 heavy (non-hydrogen) atoms. The van der Waals surface area contributed by atoms with Crippen LogP contribution in [0.2, 0.25) is 0 Å². The number of aromatic nitrogens is 1. The van der Waals surface area contributed by atoms with Gasteiger partial charge in [0.1, 0.15) is 29.1 Å². The highest BCUT2D eigenvalue weighted by atomic mass is 32.2. The maximum absolute atomic E-state index is 13.4. The molecule has 2 fully saturated rings. The summed E-state index contributed by atoms with van der Waals surface area (Å²) in [6.45, 7) is 4.90. The van der Waals surface area contributed by atoms with Gasteiger partial charge in [0.05, 0.1) is 0 Å². The SMILES string of the molecule is CCC(C)CC(=O)OC(C)OC(=O)C1(C=CCOC(N)=O)CS[C@@H]2C(NC(=O)C(=NO)c3csc(N)n3)C(=O)N2C1. The molecular formula is C24H32N6O9S2. The number of hydrogen-bond acceptors (Lipinski definition) is 14. The Morgan fingerprint density at radius 2 is 2.07 bits per heavy atom. The summed E-state index contributed by atoms with van der Waals surface area (Å²) >= 11 is 2.25. The number of carbonyl (C=O) groups excluding carboxylic acids is 5. The number of thioether (sulfide) groups is 1. The van der Waals surface area contributed by atoms with Crippen LogP contribution in [0.4, 0.5) is 9.93 Å². The van der Waals surface area contributed by atoms with Gasteiger partial charge < -0.3 is 41.1 Å². The van der Waals surface area contributed by atoms with Crippen molar-refractivity contribution in [3.8, 4) is 0 Å². The highest BCUT2D eigenvalue weighted by Gasteiger charge is 2.57. The van der Waals surface area contributed by atoms with E-state index in [9.17, 15) is 29.2 Å². The Balaban J connectivity index is 1.70. The second-order valence-electron chi connectivity index (χ2n) is 9.51. The minimum atomic E-state index is -1.39. The Morgan fingerprint density at radius 3 is 2.68 bits per heavy atom. The number of rotatable bonds is 12. The van der Waals surface area contributed by atoms with E-state index in [0.717, 1.165) is 17.8 Å². The molecule has 2 aliphatic rings. The van der Waals surface area contributed by atoms with E-state index in [1.165, 1.54) is 41.1 Å². The Hall–Kier alpha value is -3.86. The minimum Gasteiger partial charge on any atom is -0.445 e. The first-order valence-electron chi connectivity index (χ1n) is 12.6. The molecule has 0 saturated carbocycles. The Morgan fingerprint density at radius 1 is 1.34 bits per heavy atom. The van der Waals surface area contributed by atoms with Crippen molar-refractivity contribution < 1.29 is 43.4 Å². The number of thiazole rings is 1. The number of nitrogens with two attached hydrogens (primary N) is 2. The smallest absolute Gasteiger partial charge is 0.404 e. The molecule has 0 aromatic carbocycles. The molecule has 15 nitrogen and oxygen atoms in total. The number of nitrogens with one attached hydrogen (secondary N) is 1. The molecule has 2 aliphatic heterocycles. The van der Waals surface area contributed by atoms with Gasteiger partial charge in [0, 0.05) is 31.0 Å². The predicted molar refractivity (Wildman–Crippen MR) is 148 cm³/mol. The van der Waals surface area contributed by atoms with Gasteiger partial charge in [-0.15, -0.1) is 23.1 Å². The second-order valence-corrected chi connectivity index (χ2v) is 11.5. The number of carbonyl (C=O) groups is 5. The number of hydrogen-bond donors (Lipinski definition) is 4. The maximum atomic E-state index is 13.4. The van der Waals surface area contributed by atoms with Crippen molar-refractivity contribution in [3.05, 3.63) is 23.2 Å². The Kier molecular flexibility index (Phi) is 10.6. The number of ether oxygens (including phenoxy) is 3. The molecule has 2 saturated heterocycles.